The van der Waals surface area contributed by atoms with Crippen molar-refractivity contribution in [3.05, 3.63) is 0 Å². The lowest BCUT2D eigenvalue weighted by molar-refractivity contribution is -0.00275. The van der Waals surface area contributed by atoms with Gasteiger partial charge in [-0.1, -0.05) is 0 Å². The van der Waals surface area contributed by atoms with E-state index in [0.29, 0.717) is 13.0 Å². The highest BCUT2D eigenvalue weighted by Crippen LogP contribution is 2.19. The standard InChI is InChI=1S/C7H14N2O3/c1-8-6(11)9-3-2-7(12,4-9)5-10/h10,12H,2-5H2,1H3,(H,8,11). The second-order valence-electron chi connectivity index (χ2n) is 3.11. The van der Waals surface area contributed by atoms with Crippen LogP contribution in [-0.4, -0.2) is 53.5 Å². The number of rotatable bonds is 1. The first kappa shape index (κ1) is 9.28. The summed E-state index contributed by atoms with van der Waals surface area (Å²) in [5, 5.41) is 20.8. The van der Waals surface area contributed by atoms with Crippen molar-refractivity contribution in [2.75, 3.05) is 26.7 Å². The Kier molecular flexibility index (Phi) is 2.54. The lowest BCUT2D eigenvalue weighted by atomic mass is 10.1. The van der Waals surface area contributed by atoms with Gasteiger partial charge in [0.1, 0.15) is 5.60 Å². The number of β-amino-alcohol motifs (C(OH)–C–C–N with tert-alkyl or cyclic N) is 1. The molecule has 3 N–H and O–H groups in total. The van der Waals surface area contributed by atoms with E-state index in [4.69, 9.17) is 5.11 Å². The summed E-state index contributed by atoms with van der Waals surface area (Å²) in [6, 6.07) is -0.209. The topological polar surface area (TPSA) is 72.8 Å². The third-order valence-corrected chi connectivity index (χ3v) is 2.13. The Hall–Kier alpha value is -0.810. The Morgan fingerprint density at radius 1 is 1.75 bits per heavy atom. The highest BCUT2D eigenvalue weighted by Gasteiger charge is 2.37. The smallest absolute Gasteiger partial charge is 0.317 e. The molecular weight excluding hydrogens is 160 g/mol. The number of urea groups is 1. The van der Waals surface area contributed by atoms with Crippen LogP contribution in [-0.2, 0) is 0 Å². The number of hydrogen-bond acceptors (Lipinski definition) is 3. The molecule has 70 valence electrons. The zero-order chi connectivity index (χ0) is 9.19. The number of nitrogens with one attached hydrogen (secondary N) is 1. The van der Waals surface area contributed by atoms with Crippen molar-refractivity contribution in [1.82, 2.24) is 10.2 Å². The summed E-state index contributed by atoms with van der Waals surface area (Å²) in [6.07, 6.45) is 0.441. The molecule has 1 rings (SSSR count). The van der Waals surface area contributed by atoms with Crippen molar-refractivity contribution in [1.29, 1.82) is 0 Å². The van der Waals surface area contributed by atoms with Crippen LogP contribution in [0.4, 0.5) is 4.79 Å². The van der Waals surface area contributed by atoms with Crippen molar-refractivity contribution in [3.63, 3.8) is 0 Å². The Balaban J connectivity index is 2.50. The van der Waals surface area contributed by atoms with Crippen LogP contribution in [0.2, 0.25) is 0 Å². The first-order chi connectivity index (χ1) is 5.61. The Labute approximate surface area is 71.0 Å². The van der Waals surface area contributed by atoms with E-state index >= 15 is 0 Å². The summed E-state index contributed by atoms with van der Waals surface area (Å²) < 4.78 is 0. The number of aliphatic hydroxyl groups excluding tert-OH is 1. The molecule has 0 aliphatic carbocycles. The lowest BCUT2D eigenvalue weighted by Gasteiger charge is -2.20. The van der Waals surface area contributed by atoms with Gasteiger partial charge >= 0.3 is 6.03 Å². The van der Waals surface area contributed by atoms with Crippen LogP contribution < -0.4 is 5.32 Å². The molecule has 1 unspecified atom stereocenters. The molecule has 1 saturated heterocycles. The van der Waals surface area contributed by atoms with Crippen molar-refractivity contribution in [2.45, 2.75) is 12.0 Å². The molecule has 5 nitrogen and oxygen atoms in total. The van der Waals surface area contributed by atoms with E-state index in [1.165, 1.54) is 4.90 Å². The average Bonchev–Trinajstić information content (AvgIpc) is 2.48. The van der Waals surface area contributed by atoms with Crippen LogP contribution in [0.1, 0.15) is 6.42 Å². The quantitative estimate of drug-likeness (QED) is 0.465. The first-order valence-electron chi connectivity index (χ1n) is 3.91. The number of carbonyl (C=O) groups excluding carboxylic acids is 1. The molecule has 1 atom stereocenters. The van der Waals surface area contributed by atoms with E-state index in [2.05, 4.69) is 5.32 Å². The Morgan fingerprint density at radius 3 is 2.83 bits per heavy atom. The summed E-state index contributed by atoms with van der Waals surface area (Å²) in [6.45, 7) is 0.417. The molecule has 2 amide bonds. The molecule has 1 aliphatic heterocycles. The first-order valence-corrected chi connectivity index (χ1v) is 3.91. The minimum absolute atomic E-state index is 0.209. The second kappa shape index (κ2) is 3.28. The maximum Gasteiger partial charge on any atom is 0.317 e. The van der Waals surface area contributed by atoms with Crippen molar-refractivity contribution >= 4 is 6.03 Å². The summed E-state index contributed by atoms with van der Waals surface area (Å²) in [5.74, 6) is 0. The zero-order valence-electron chi connectivity index (χ0n) is 7.08. The summed E-state index contributed by atoms with van der Waals surface area (Å²) >= 11 is 0. The fraction of sp³-hybridized carbons (Fsp3) is 0.857. The molecule has 0 radical (unpaired) electrons. The van der Waals surface area contributed by atoms with Gasteiger partial charge in [0.25, 0.3) is 0 Å². The second-order valence-corrected chi connectivity index (χ2v) is 3.11. The highest BCUT2D eigenvalue weighted by atomic mass is 16.3. The van der Waals surface area contributed by atoms with E-state index in [9.17, 15) is 9.90 Å². The van der Waals surface area contributed by atoms with Crippen molar-refractivity contribution in [3.8, 4) is 0 Å². The molecule has 0 spiro atoms. The molecule has 1 aliphatic rings. The van der Waals surface area contributed by atoms with E-state index in [-0.39, 0.29) is 19.2 Å². The van der Waals surface area contributed by atoms with Gasteiger partial charge in [-0.25, -0.2) is 4.79 Å². The summed E-state index contributed by atoms with van der Waals surface area (Å²) in [7, 11) is 1.54. The maximum absolute atomic E-state index is 11.0. The number of nitrogens with zero attached hydrogens (tertiary/aromatic N) is 1. The van der Waals surface area contributed by atoms with Gasteiger partial charge in [0.05, 0.1) is 13.2 Å². The molecular formula is C7H14N2O3. The average molecular weight is 174 g/mol. The van der Waals surface area contributed by atoms with Gasteiger partial charge in [0.2, 0.25) is 0 Å². The normalized spacial score (nSPS) is 29.1. The van der Waals surface area contributed by atoms with Gasteiger partial charge in [0.15, 0.2) is 0 Å². The van der Waals surface area contributed by atoms with Crippen molar-refractivity contribution in [2.24, 2.45) is 0 Å². The largest absolute Gasteiger partial charge is 0.393 e. The number of carbonyl (C=O) groups is 1. The molecule has 0 bridgehead atoms. The van der Waals surface area contributed by atoms with Gasteiger partial charge in [-0.15, -0.1) is 0 Å². The minimum Gasteiger partial charge on any atom is -0.393 e. The molecule has 0 saturated carbocycles. The molecule has 1 heterocycles. The monoisotopic (exact) mass is 174 g/mol. The molecule has 5 heteroatoms. The van der Waals surface area contributed by atoms with Gasteiger partial charge in [-0.05, 0) is 6.42 Å². The van der Waals surface area contributed by atoms with Crippen LogP contribution in [0.25, 0.3) is 0 Å². The third kappa shape index (κ3) is 1.67. The summed E-state index contributed by atoms with van der Waals surface area (Å²) in [5.41, 5.74) is -1.09. The molecule has 0 aromatic rings. The van der Waals surface area contributed by atoms with Crippen LogP contribution in [0.15, 0.2) is 0 Å². The molecule has 0 aromatic heterocycles. The highest BCUT2D eigenvalue weighted by molar-refractivity contribution is 5.74. The van der Waals surface area contributed by atoms with Crippen molar-refractivity contribution < 1.29 is 15.0 Å². The van der Waals surface area contributed by atoms with Gasteiger partial charge < -0.3 is 20.4 Å². The fourth-order valence-electron chi connectivity index (χ4n) is 1.32. The van der Waals surface area contributed by atoms with Gasteiger partial charge in [-0.3, -0.25) is 0 Å². The molecule has 1 fully saturated rings. The maximum atomic E-state index is 11.0. The number of likely N-dealkylation sites (tertiary alicyclic amines) is 1. The molecule has 0 aromatic carbocycles. The van der Waals surface area contributed by atoms with Gasteiger partial charge in [-0.2, -0.15) is 0 Å². The number of amides is 2. The summed E-state index contributed by atoms with van der Waals surface area (Å²) in [4.78, 5) is 12.5. The fourth-order valence-corrected chi connectivity index (χ4v) is 1.32. The molecule has 12 heavy (non-hydrogen) atoms. The zero-order valence-corrected chi connectivity index (χ0v) is 7.08. The van der Waals surface area contributed by atoms with Gasteiger partial charge in [0, 0.05) is 13.6 Å². The van der Waals surface area contributed by atoms with Crippen LogP contribution >= 0.6 is 0 Å². The Morgan fingerprint density at radius 2 is 2.42 bits per heavy atom. The number of hydrogen-bond donors (Lipinski definition) is 3. The van der Waals surface area contributed by atoms with E-state index < -0.39 is 5.60 Å². The van der Waals surface area contributed by atoms with E-state index in [1.807, 2.05) is 0 Å². The number of aliphatic hydroxyl groups is 2. The van der Waals surface area contributed by atoms with Crippen LogP contribution in [0.3, 0.4) is 0 Å². The SMILES string of the molecule is CNC(=O)N1CCC(O)(CO)C1. The van der Waals surface area contributed by atoms with Crippen LogP contribution in [0, 0.1) is 0 Å². The third-order valence-electron chi connectivity index (χ3n) is 2.13. The Bertz CT molecular complexity index is 185. The van der Waals surface area contributed by atoms with Crippen LogP contribution in [0.5, 0.6) is 0 Å². The predicted octanol–water partition coefficient (Wildman–Crippen LogP) is -1.25. The predicted molar refractivity (Wildman–Crippen MR) is 42.7 cm³/mol. The van der Waals surface area contributed by atoms with E-state index in [1.54, 1.807) is 7.05 Å². The minimum atomic E-state index is -1.09. The van der Waals surface area contributed by atoms with E-state index in [0.717, 1.165) is 0 Å². The lowest BCUT2D eigenvalue weighted by Crippen LogP contribution is -2.41.